The Labute approximate surface area is 89.3 Å². The number of hydrogen-bond donors (Lipinski definition) is 2. The van der Waals surface area contributed by atoms with Crippen LogP contribution in [0.1, 0.15) is 39.0 Å². The zero-order valence-electron chi connectivity index (χ0n) is 8.23. The summed E-state index contributed by atoms with van der Waals surface area (Å²) >= 11 is 4.81. The van der Waals surface area contributed by atoms with Crippen LogP contribution in [0.4, 0.5) is 0 Å². The topological polar surface area (TPSA) is 58.6 Å². The van der Waals surface area contributed by atoms with Gasteiger partial charge >= 0.3 is 0 Å². The molecular formula is C8H16NO3PS. The van der Waals surface area contributed by atoms with Crippen molar-refractivity contribution in [2.45, 2.75) is 45.1 Å². The SMILES string of the molecule is CC(=O)NP(O)(=S)OC1CCCCC1. The third-order valence-corrected chi connectivity index (χ3v) is 3.86. The molecule has 0 aliphatic heterocycles. The molecule has 2 N–H and O–H groups in total. The Morgan fingerprint density at radius 3 is 2.57 bits per heavy atom. The first-order chi connectivity index (χ1) is 6.49. The summed E-state index contributed by atoms with van der Waals surface area (Å²) in [5.41, 5.74) is 0. The van der Waals surface area contributed by atoms with E-state index >= 15 is 0 Å². The van der Waals surface area contributed by atoms with E-state index in [-0.39, 0.29) is 12.0 Å². The summed E-state index contributed by atoms with van der Waals surface area (Å²) in [4.78, 5) is 20.3. The van der Waals surface area contributed by atoms with Gasteiger partial charge in [0.2, 0.25) is 5.91 Å². The van der Waals surface area contributed by atoms with E-state index in [4.69, 9.17) is 16.3 Å². The molecule has 0 spiro atoms. The second-order valence-corrected chi connectivity index (χ2v) is 6.51. The molecule has 6 heteroatoms. The number of amides is 1. The summed E-state index contributed by atoms with van der Waals surface area (Å²) in [7, 11) is 0. The lowest BCUT2D eigenvalue weighted by Crippen LogP contribution is -2.23. The number of rotatable bonds is 3. The highest BCUT2D eigenvalue weighted by atomic mass is 32.5. The molecule has 1 rings (SSSR count). The highest BCUT2D eigenvalue weighted by Gasteiger charge is 2.23. The molecule has 0 aromatic heterocycles. The van der Waals surface area contributed by atoms with Crippen LogP contribution < -0.4 is 5.09 Å². The lowest BCUT2D eigenvalue weighted by Gasteiger charge is -2.26. The van der Waals surface area contributed by atoms with Gasteiger partial charge in [-0.15, -0.1) is 0 Å². The minimum atomic E-state index is -3.08. The van der Waals surface area contributed by atoms with Crippen LogP contribution in [0.2, 0.25) is 0 Å². The monoisotopic (exact) mass is 237 g/mol. The van der Waals surface area contributed by atoms with Gasteiger partial charge in [0.05, 0.1) is 6.10 Å². The fourth-order valence-corrected chi connectivity index (χ4v) is 3.41. The van der Waals surface area contributed by atoms with Crippen molar-refractivity contribution in [2.75, 3.05) is 0 Å². The van der Waals surface area contributed by atoms with E-state index < -0.39 is 6.64 Å². The van der Waals surface area contributed by atoms with Crippen molar-refractivity contribution in [3.8, 4) is 0 Å². The summed E-state index contributed by atoms with van der Waals surface area (Å²) < 4.78 is 5.34. The average molecular weight is 237 g/mol. The Morgan fingerprint density at radius 2 is 2.07 bits per heavy atom. The van der Waals surface area contributed by atoms with Crippen LogP contribution in [-0.2, 0) is 21.1 Å². The third-order valence-electron chi connectivity index (χ3n) is 2.14. The fourth-order valence-electron chi connectivity index (χ4n) is 1.60. The molecule has 1 amide bonds. The lowest BCUT2D eigenvalue weighted by molar-refractivity contribution is -0.117. The molecule has 82 valence electrons. The van der Waals surface area contributed by atoms with Gasteiger partial charge in [-0.1, -0.05) is 19.3 Å². The Bertz CT molecular complexity index is 253. The molecule has 14 heavy (non-hydrogen) atoms. The molecule has 1 atom stereocenters. The average Bonchev–Trinajstić information content (AvgIpc) is 2.02. The standard InChI is InChI=1S/C8H16NO3PS/c1-7(10)9-13(11,14)12-8-5-3-2-4-6-8/h8H,2-6H2,1H3,(H2,9,10,11,14). The molecule has 0 saturated heterocycles. The van der Waals surface area contributed by atoms with E-state index in [1.807, 2.05) is 0 Å². The van der Waals surface area contributed by atoms with Gasteiger partial charge in [-0.05, 0) is 24.6 Å². The van der Waals surface area contributed by atoms with Gasteiger partial charge in [0.1, 0.15) is 0 Å². The Kier molecular flexibility index (Phi) is 4.51. The second-order valence-electron chi connectivity index (χ2n) is 3.55. The summed E-state index contributed by atoms with van der Waals surface area (Å²) in [6, 6.07) is 0. The van der Waals surface area contributed by atoms with Crippen LogP contribution in [0.3, 0.4) is 0 Å². The molecule has 0 radical (unpaired) electrons. The molecule has 0 aromatic carbocycles. The van der Waals surface area contributed by atoms with Crippen LogP contribution >= 0.6 is 6.64 Å². The lowest BCUT2D eigenvalue weighted by atomic mass is 9.98. The van der Waals surface area contributed by atoms with Gasteiger partial charge < -0.3 is 9.42 Å². The molecule has 4 nitrogen and oxygen atoms in total. The maximum absolute atomic E-state index is 10.7. The Morgan fingerprint density at radius 1 is 1.50 bits per heavy atom. The van der Waals surface area contributed by atoms with Gasteiger partial charge in [0, 0.05) is 6.92 Å². The van der Waals surface area contributed by atoms with Crippen LogP contribution in [0, 0.1) is 0 Å². The van der Waals surface area contributed by atoms with Crippen molar-refractivity contribution in [2.24, 2.45) is 0 Å². The van der Waals surface area contributed by atoms with Gasteiger partial charge in [-0.3, -0.25) is 9.88 Å². The Balaban J connectivity index is 2.40. The smallest absolute Gasteiger partial charge is 0.287 e. The first-order valence-electron chi connectivity index (χ1n) is 4.80. The predicted molar refractivity (Wildman–Crippen MR) is 58.3 cm³/mol. The van der Waals surface area contributed by atoms with Crippen molar-refractivity contribution in [3.05, 3.63) is 0 Å². The van der Waals surface area contributed by atoms with E-state index in [9.17, 15) is 9.69 Å². The number of carbonyl (C=O) groups excluding carboxylic acids is 1. The first-order valence-corrected chi connectivity index (χ1v) is 7.47. The van der Waals surface area contributed by atoms with E-state index in [1.165, 1.54) is 13.3 Å². The van der Waals surface area contributed by atoms with E-state index in [0.29, 0.717) is 0 Å². The Hall–Kier alpha value is 0.0400. The van der Waals surface area contributed by atoms with Crippen molar-refractivity contribution in [1.29, 1.82) is 0 Å². The quantitative estimate of drug-likeness (QED) is 0.733. The van der Waals surface area contributed by atoms with E-state index in [1.54, 1.807) is 0 Å². The van der Waals surface area contributed by atoms with Crippen molar-refractivity contribution in [1.82, 2.24) is 5.09 Å². The molecule has 1 saturated carbocycles. The predicted octanol–water partition coefficient (Wildman–Crippen LogP) is 1.69. The summed E-state index contributed by atoms with van der Waals surface area (Å²) in [5.74, 6) is -0.341. The summed E-state index contributed by atoms with van der Waals surface area (Å²) in [5, 5.41) is 2.29. The van der Waals surface area contributed by atoms with Crippen LogP contribution in [0.5, 0.6) is 0 Å². The van der Waals surface area contributed by atoms with Gasteiger partial charge in [0.25, 0.3) is 6.64 Å². The zero-order valence-corrected chi connectivity index (χ0v) is 9.94. The van der Waals surface area contributed by atoms with E-state index in [2.05, 4.69) is 5.09 Å². The second kappa shape index (κ2) is 5.21. The minimum absolute atomic E-state index is 0.0198. The summed E-state index contributed by atoms with van der Waals surface area (Å²) in [6.07, 6.45) is 5.32. The largest absolute Gasteiger partial charge is 0.329 e. The fraction of sp³-hybridized carbons (Fsp3) is 0.875. The van der Waals surface area contributed by atoms with Gasteiger partial charge in [-0.2, -0.15) is 0 Å². The molecule has 1 aliphatic rings. The molecule has 1 unspecified atom stereocenters. The van der Waals surface area contributed by atoms with Gasteiger partial charge in [-0.25, -0.2) is 0 Å². The molecular weight excluding hydrogens is 221 g/mol. The first kappa shape index (κ1) is 12.1. The van der Waals surface area contributed by atoms with Crippen molar-refractivity contribution >= 4 is 24.4 Å². The molecule has 1 aliphatic carbocycles. The molecule has 0 bridgehead atoms. The molecule has 1 fully saturated rings. The van der Waals surface area contributed by atoms with Crippen LogP contribution in [-0.4, -0.2) is 16.9 Å². The van der Waals surface area contributed by atoms with Gasteiger partial charge in [0.15, 0.2) is 0 Å². The number of carbonyl (C=O) groups is 1. The van der Waals surface area contributed by atoms with Crippen molar-refractivity contribution < 1.29 is 14.2 Å². The zero-order chi connectivity index (χ0) is 10.6. The maximum Gasteiger partial charge on any atom is 0.287 e. The van der Waals surface area contributed by atoms with E-state index in [0.717, 1.165) is 25.7 Å². The third kappa shape index (κ3) is 4.51. The molecule has 0 aromatic rings. The minimum Gasteiger partial charge on any atom is -0.329 e. The number of hydrogen-bond acceptors (Lipinski definition) is 3. The van der Waals surface area contributed by atoms with Crippen LogP contribution in [0.15, 0.2) is 0 Å². The van der Waals surface area contributed by atoms with Crippen LogP contribution in [0.25, 0.3) is 0 Å². The number of nitrogens with one attached hydrogen (secondary N) is 1. The normalized spacial score (nSPS) is 22.7. The summed E-state index contributed by atoms with van der Waals surface area (Å²) in [6.45, 7) is -1.76. The molecule has 0 heterocycles. The van der Waals surface area contributed by atoms with Crippen molar-refractivity contribution in [3.63, 3.8) is 0 Å². The maximum atomic E-state index is 10.7. The highest BCUT2D eigenvalue weighted by Crippen LogP contribution is 2.41. The highest BCUT2D eigenvalue weighted by molar-refractivity contribution is 8.08.